The molecule has 4 nitrogen and oxygen atoms in total. The van der Waals surface area contributed by atoms with Crippen LogP contribution < -0.4 is 11.1 Å². The Labute approximate surface area is 105 Å². The summed E-state index contributed by atoms with van der Waals surface area (Å²) < 4.78 is 0. The molecule has 0 spiro atoms. The molecule has 1 aromatic carbocycles. The zero-order chi connectivity index (χ0) is 12.1. The van der Waals surface area contributed by atoms with Gasteiger partial charge in [0.1, 0.15) is 5.82 Å². The first-order valence-electron chi connectivity index (χ1n) is 5.29. The molecule has 0 fully saturated rings. The molecule has 0 saturated heterocycles. The molecule has 0 atom stereocenters. The summed E-state index contributed by atoms with van der Waals surface area (Å²) in [4.78, 5) is 0. The van der Waals surface area contributed by atoms with Crippen LogP contribution in [0.2, 0.25) is 5.15 Å². The first-order valence-corrected chi connectivity index (χ1v) is 5.67. The van der Waals surface area contributed by atoms with E-state index in [1.807, 2.05) is 24.3 Å². The number of benzene rings is 1. The summed E-state index contributed by atoms with van der Waals surface area (Å²) in [5.41, 5.74) is 7.95. The van der Waals surface area contributed by atoms with Crippen LogP contribution in [0.1, 0.15) is 11.1 Å². The van der Waals surface area contributed by atoms with Gasteiger partial charge in [-0.15, -0.1) is 10.2 Å². The van der Waals surface area contributed by atoms with E-state index in [1.165, 1.54) is 0 Å². The number of nitrogens with one attached hydrogen (secondary N) is 1. The van der Waals surface area contributed by atoms with Gasteiger partial charge in [0, 0.05) is 13.1 Å². The topological polar surface area (TPSA) is 63.8 Å². The van der Waals surface area contributed by atoms with Crippen LogP contribution in [0.5, 0.6) is 0 Å². The Morgan fingerprint density at radius 1 is 1.06 bits per heavy atom. The molecule has 88 valence electrons. The Kier molecular flexibility index (Phi) is 3.90. The van der Waals surface area contributed by atoms with Crippen molar-refractivity contribution in [3.63, 3.8) is 0 Å². The Bertz CT molecular complexity index is 484. The van der Waals surface area contributed by atoms with Crippen LogP contribution in [0.3, 0.4) is 0 Å². The maximum atomic E-state index is 5.67. The highest BCUT2D eigenvalue weighted by Crippen LogP contribution is 2.11. The van der Waals surface area contributed by atoms with Crippen LogP contribution in [-0.4, -0.2) is 10.2 Å². The third kappa shape index (κ3) is 3.15. The number of rotatable bonds is 4. The van der Waals surface area contributed by atoms with Crippen molar-refractivity contribution in [1.29, 1.82) is 0 Å². The fourth-order valence-electron chi connectivity index (χ4n) is 1.53. The van der Waals surface area contributed by atoms with Gasteiger partial charge < -0.3 is 11.1 Å². The molecule has 5 heteroatoms. The lowest BCUT2D eigenvalue weighted by atomic mass is 10.1. The number of halogens is 1. The van der Waals surface area contributed by atoms with Gasteiger partial charge >= 0.3 is 0 Å². The standard InChI is InChI=1S/C12H13ClN4/c13-11-5-6-12(17-16-11)15-8-10-4-2-1-3-9(10)7-14/h1-6H,7-8,14H2,(H,15,17). The molecular formula is C12H13ClN4. The molecule has 0 aliphatic carbocycles. The number of hydrogen-bond acceptors (Lipinski definition) is 4. The average molecular weight is 249 g/mol. The smallest absolute Gasteiger partial charge is 0.151 e. The molecular weight excluding hydrogens is 236 g/mol. The minimum Gasteiger partial charge on any atom is -0.364 e. The SMILES string of the molecule is NCc1ccccc1CNc1ccc(Cl)nn1. The lowest BCUT2D eigenvalue weighted by Gasteiger charge is -2.08. The zero-order valence-corrected chi connectivity index (χ0v) is 9.98. The highest BCUT2D eigenvalue weighted by Gasteiger charge is 2.00. The van der Waals surface area contributed by atoms with E-state index < -0.39 is 0 Å². The first-order chi connectivity index (χ1) is 8.29. The minimum atomic E-state index is 0.387. The van der Waals surface area contributed by atoms with Crippen molar-refractivity contribution in [2.24, 2.45) is 5.73 Å². The molecule has 0 aliphatic heterocycles. The molecule has 0 aliphatic rings. The van der Waals surface area contributed by atoms with E-state index in [4.69, 9.17) is 17.3 Å². The molecule has 3 N–H and O–H groups in total. The first kappa shape index (κ1) is 11.8. The second-order valence-corrected chi connectivity index (χ2v) is 3.95. The third-order valence-electron chi connectivity index (χ3n) is 2.43. The molecule has 1 aromatic heterocycles. The Balaban J connectivity index is 2.04. The van der Waals surface area contributed by atoms with E-state index in [0.717, 1.165) is 11.1 Å². The van der Waals surface area contributed by atoms with E-state index in [2.05, 4.69) is 15.5 Å². The van der Waals surface area contributed by atoms with E-state index >= 15 is 0 Å². The number of nitrogens with zero attached hydrogens (tertiary/aromatic N) is 2. The van der Waals surface area contributed by atoms with Gasteiger partial charge in [0.05, 0.1) is 0 Å². The van der Waals surface area contributed by atoms with Crippen molar-refractivity contribution in [3.05, 3.63) is 52.7 Å². The molecule has 0 unspecified atom stereocenters. The van der Waals surface area contributed by atoms with Crippen LogP contribution >= 0.6 is 11.6 Å². The van der Waals surface area contributed by atoms with Gasteiger partial charge in [0.25, 0.3) is 0 Å². The lowest BCUT2D eigenvalue weighted by molar-refractivity contribution is 0.974. The van der Waals surface area contributed by atoms with Crippen molar-refractivity contribution in [1.82, 2.24) is 10.2 Å². The van der Waals surface area contributed by atoms with E-state index in [-0.39, 0.29) is 0 Å². The van der Waals surface area contributed by atoms with Gasteiger partial charge in [-0.1, -0.05) is 35.9 Å². The summed E-state index contributed by atoms with van der Waals surface area (Å²) >= 11 is 5.66. The summed E-state index contributed by atoms with van der Waals surface area (Å²) in [5, 5.41) is 11.2. The van der Waals surface area contributed by atoms with Crippen LogP contribution in [0.25, 0.3) is 0 Å². The highest BCUT2D eigenvalue weighted by atomic mass is 35.5. The molecule has 0 saturated carbocycles. The Morgan fingerprint density at radius 2 is 1.82 bits per heavy atom. The zero-order valence-electron chi connectivity index (χ0n) is 9.23. The quantitative estimate of drug-likeness (QED) is 0.871. The average Bonchev–Trinajstić information content (AvgIpc) is 2.38. The molecule has 2 rings (SSSR count). The lowest BCUT2D eigenvalue weighted by Crippen LogP contribution is -2.07. The van der Waals surface area contributed by atoms with E-state index in [0.29, 0.717) is 24.1 Å². The van der Waals surface area contributed by atoms with Gasteiger partial charge in [-0.3, -0.25) is 0 Å². The van der Waals surface area contributed by atoms with Gasteiger partial charge in [-0.25, -0.2) is 0 Å². The summed E-state index contributed by atoms with van der Waals surface area (Å²) in [6.07, 6.45) is 0. The summed E-state index contributed by atoms with van der Waals surface area (Å²) in [5.74, 6) is 0.696. The molecule has 0 amide bonds. The molecule has 17 heavy (non-hydrogen) atoms. The normalized spacial score (nSPS) is 10.2. The predicted octanol–water partition coefficient (Wildman–Crippen LogP) is 2.20. The highest BCUT2D eigenvalue weighted by molar-refractivity contribution is 6.29. The van der Waals surface area contributed by atoms with Crippen molar-refractivity contribution < 1.29 is 0 Å². The number of aromatic nitrogens is 2. The number of anilines is 1. The largest absolute Gasteiger partial charge is 0.364 e. The maximum absolute atomic E-state index is 5.67. The second kappa shape index (κ2) is 5.61. The van der Waals surface area contributed by atoms with E-state index in [9.17, 15) is 0 Å². The fourth-order valence-corrected chi connectivity index (χ4v) is 1.63. The monoisotopic (exact) mass is 248 g/mol. The maximum Gasteiger partial charge on any atom is 0.151 e. The van der Waals surface area contributed by atoms with Crippen molar-refractivity contribution in [2.75, 3.05) is 5.32 Å². The van der Waals surface area contributed by atoms with Crippen molar-refractivity contribution in [2.45, 2.75) is 13.1 Å². The third-order valence-corrected chi connectivity index (χ3v) is 2.63. The van der Waals surface area contributed by atoms with Gasteiger partial charge in [-0.2, -0.15) is 0 Å². The molecule has 2 aromatic rings. The van der Waals surface area contributed by atoms with Gasteiger partial charge in [0.15, 0.2) is 5.15 Å². The minimum absolute atomic E-state index is 0.387. The van der Waals surface area contributed by atoms with Crippen LogP contribution in [-0.2, 0) is 13.1 Å². The summed E-state index contributed by atoms with van der Waals surface area (Å²) in [6, 6.07) is 11.5. The Hall–Kier alpha value is -1.65. The van der Waals surface area contributed by atoms with E-state index in [1.54, 1.807) is 12.1 Å². The number of nitrogens with two attached hydrogens (primary N) is 1. The molecule has 0 radical (unpaired) electrons. The second-order valence-electron chi connectivity index (χ2n) is 3.57. The summed E-state index contributed by atoms with van der Waals surface area (Å²) in [6.45, 7) is 1.20. The van der Waals surface area contributed by atoms with Crippen LogP contribution in [0, 0.1) is 0 Å². The van der Waals surface area contributed by atoms with Crippen molar-refractivity contribution in [3.8, 4) is 0 Å². The molecule has 1 heterocycles. The van der Waals surface area contributed by atoms with Gasteiger partial charge in [-0.05, 0) is 23.3 Å². The Morgan fingerprint density at radius 3 is 2.47 bits per heavy atom. The predicted molar refractivity (Wildman–Crippen MR) is 68.7 cm³/mol. The van der Waals surface area contributed by atoms with Crippen LogP contribution in [0.4, 0.5) is 5.82 Å². The molecule has 0 bridgehead atoms. The fraction of sp³-hybridized carbons (Fsp3) is 0.167. The number of hydrogen-bond donors (Lipinski definition) is 2. The van der Waals surface area contributed by atoms with Crippen molar-refractivity contribution >= 4 is 17.4 Å². The van der Waals surface area contributed by atoms with Crippen LogP contribution in [0.15, 0.2) is 36.4 Å². The summed E-state index contributed by atoms with van der Waals surface area (Å²) in [7, 11) is 0. The van der Waals surface area contributed by atoms with Gasteiger partial charge in [0.2, 0.25) is 0 Å².